The fraction of sp³-hybridized carbons (Fsp3) is 0.412. The highest BCUT2D eigenvalue weighted by Crippen LogP contribution is 2.18. The van der Waals surface area contributed by atoms with Crippen LogP contribution in [0.3, 0.4) is 0 Å². The quantitative estimate of drug-likeness (QED) is 0.389. The van der Waals surface area contributed by atoms with Crippen LogP contribution in [0.4, 0.5) is 4.39 Å². The summed E-state index contributed by atoms with van der Waals surface area (Å²) in [6.07, 6.45) is 0.613. The average molecular weight is 462 g/mol. The Balaban J connectivity index is 0.00000288. The van der Waals surface area contributed by atoms with Crippen molar-refractivity contribution in [3.05, 3.63) is 51.7 Å². The lowest BCUT2D eigenvalue weighted by Crippen LogP contribution is -2.38. The molecule has 0 fully saturated rings. The van der Waals surface area contributed by atoms with Crippen LogP contribution in [0.25, 0.3) is 0 Å². The van der Waals surface area contributed by atoms with Gasteiger partial charge in [0.1, 0.15) is 5.82 Å². The van der Waals surface area contributed by atoms with Gasteiger partial charge < -0.3 is 10.6 Å². The zero-order valence-corrected chi connectivity index (χ0v) is 17.3. The van der Waals surface area contributed by atoms with E-state index in [0.29, 0.717) is 37.0 Å². The normalized spacial score (nSPS) is 11.3. The molecule has 132 valence electrons. The number of aromatic nitrogens is 1. The summed E-state index contributed by atoms with van der Waals surface area (Å²) < 4.78 is 13.6. The lowest BCUT2D eigenvalue weighted by molar-refractivity contribution is 0.606. The Kier molecular flexibility index (Phi) is 9.20. The first-order chi connectivity index (χ1) is 11.1. The van der Waals surface area contributed by atoms with Crippen molar-refractivity contribution in [3.63, 3.8) is 0 Å². The highest BCUT2D eigenvalue weighted by molar-refractivity contribution is 14.0. The van der Waals surface area contributed by atoms with E-state index in [2.05, 4.69) is 39.8 Å². The fourth-order valence-corrected chi connectivity index (χ4v) is 2.92. The van der Waals surface area contributed by atoms with Gasteiger partial charge in [-0.2, -0.15) is 0 Å². The molecule has 2 aromatic rings. The van der Waals surface area contributed by atoms with Crippen LogP contribution in [-0.2, 0) is 13.0 Å². The summed E-state index contributed by atoms with van der Waals surface area (Å²) in [7, 11) is 1.72. The van der Waals surface area contributed by atoms with Gasteiger partial charge in [0.15, 0.2) is 5.96 Å². The molecule has 0 saturated heterocycles. The van der Waals surface area contributed by atoms with Crippen LogP contribution >= 0.6 is 35.3 Å². The van der Waals surface area contributed by atoms with Crippen molar-refractivity contribution in [2.24, 2.45) is 4.99 Å². The summed E-state index contributed by atoms with van der Waals surface area (Å²) >= 11 is 1.68. The highest BCUT2D eigenvalue weighted by Gasteiger charge is 2.06. The van der Waals surface area contributed by atoms with Crippen molar-refractivity contribution < 1.29 is 4.39 Å². The molecule has 0 unspecified atom stereocenters. The molecule has 0 bridgehead atoms. The van der Waals surface area contributed by atoms with Crippen molar-refractivity contribution in [2.45, 2.75) is 32.7 Å². The van der Waals surface area contributed by atoms with Gasteiger partial charge >= 0.3 is 0 Å². The topological polar surface area (TPSA) is 49.3 Å². The Morgan fingerprint density at radius 3 is 2.67 bits per heavy atom. The zero-order valence-electron chi connectivity index (χ0n) is 14.2. The highest BCUT2D eigenvalue weighted by atomic mass is 127. The van der Waals surface area contributed by atoms with Gasteiger partial charge in [-0.15, -0.1) is 35.3 Å². The van der Waals surface area contributed by atoms with E-state index in [0.717, 1.165) is 10.7 Å². The third kappa shape index (κ3) is 6.35. The lowest BCUT2D eigenvalue weighted by atomic mass is 10.1. The van der Waals surface area contributed by atoms with Crippen LogP contribution in [0, 0.1) is 5.82 Å². The van der Waals surface area contributed by atoms with Crippen molar-refractivity contribution >= 4 is 41.3 Å². The molecule has 0 saturated carbocycles. The summed E-state index contributed by atoms with van der Waals surface area (Å²) in [6.45, 7) is 5.52. The predicted molar refractivity (Wildman–Crippen MR) is 110 cm³/mol. The number of hydrogen-bond donors (Lipinski definition) is 2. The summed E-state index contributed by atoms with van der Waals surface area (Å²) in [5.74, 6) is 0.980. The number of benzene rings is 1. The molecule has 2 N–H and O–H groups in total. The average Bonchev–Trinajstić information content (AvgIpc) is 3.01. The van der Waals surface area contributed by atoms with Gasteiger partial charge in [0.2, 0.25) is 0 Å². The number of hydrogen-bond acceptors (Lipinski definition) is 3. The van der Waals surface area contributed by atoms with E-state index in [1.807, 2.05) is 6.07 Å². The molecule has 1 aromatic heterocycles. The number of nitrogens with zero attached hydrogens (tertiary/aromatic N) is 2. The molecule has 0 aliphatic carbocycles. The monoisotopic (exact) mass is 462 g/mol. The van der Waals surface area contributed by atoms with Gasteiger partial charge in [-0.3, -0.25) is 4.99 Å². The molecule has 2 rings (SSSR count). The SMILES string of the molecule is CN=C(NCCc1ccccc1F)NCc1csc(C(C)C)n1.I. The van der Waals surface area contributed by atoms with Crippen molar-refractivity contribution in [3.8, 4) is 0 Å². The summed E-state index contributed by atoms with van der Waals surface area (Å²) in [5.41, 5.74) is 1.72. The molecular weight excluding hydrogens is 438 g/mol. The van der Waals surface area contributed by atoms with Gasteiger partial charge in [0.05, 0.1) is 17.2 Å². The summed E-state index contributed by atoms with van der Waals surface area (Å²) in [5, 5.41) is 9.63. The minimum atomic E-state index is -0.166. The standard InChI is InChI=1S/C17H23FN4S.HI/c1-12(2)16-22-14(11-23-16)10-21-17(19-3)20-9-8-13-6-4-5-7-15(13)18;/h4-7,11-12H,8-10H2,1-3H3,(H2,19,20,21);1H. The van der Waals surface area contributed by atoms with Gasteiger partial charge in [-0.05, 0) is 18.1 Å². The lowest BCUT2D eigenvalue weighted by Gasteiger charge is -2.11. The Morgan fingerprint density at radius 1 is 1.29 bits per heavy atom. The molecule has 0 spiro atoms. The Hall–Kier alpha value is -1.22. The first kappa shape index (κ1) is 20.8. The third-order valence-corrected chi connectivity index (χ3v) is 4.56. The van der Waals surface area contributed by atoms with Crippen molar-refractivity contribution in [1.82, 2.24) is 15.6 Å². The first-order valence-corrected chi connectivity index (χ1v) is 8.60. The maximum absolute atomic E-state index is 13.6. The van der Waals surface area contributed by atoms with Crippen molar-refractivity contribution in [1.29, 1.82) is 0 Å². The molecule has 24 heavy (non-hydrogen) atoms. The minimum Gasteiger partial charge on any atom is -0.356 e. The molecule has 4 nitrogen and oxygen atoms in total. The van der Waals surface area contributed by atoms with E-state index in [-0.39, 0.29) is 29.8 Å². The van der Waals surface area contributed by atoms with Crippen LogP contribution < -0.4 is 10.6 Å². The van der Waals surface area contributed by atoms with Gasteiger partial charge in [-0.1, -0.05) is 32.0 Å². The smallest absolute Gasteiger partial charge is 0.191 e. The second kappa shape index (κ2) is 10.6. The molecule has 0 atom stereocenters. The van der Waals surface area contributed by atoms with E-state index in [4.69, 9.17) is 0 Å². The number of aliphatic imine (C=N–C) groups is 1. The van der Waals surface area contributed by atoms with E-state index >= 15 is 0 Å². The third-order valence-electron chi connectivity index (χ3n) is 3.37. The number of thiazole rings is 1. The maximum Gasteiger partial charge on any atom is 0.191 e. The van der Waals surface area contributed by atoms with Crippen LogP contribution in [0.1, 0.15) is 36.0 Å². The Labute approximate surface area is 164 Å². The fourth-order valence-electron chi connectivity index (χ4n) is 2.08. The summed E-state index contributed by atoms with van der Waals surface area (Å²) in [4.78, 5) is 8.75. The first-order valence-electron chi connectivity index (χ1n) is 7.72. The van der Waals surface area contributed by atoms with Crippen molar-refractivity contribution in [2.75, 3.05) is 13.6 Å². The van der Waals surface area contributed by atoms with Crippen LogP contribution in [0.2, 0.25) is 0 Å². The Morgan fingerprint density at radius 2 is 2.04 bits per heavy atom. The predicted octanol–water partition coefficient (Wildman–Crippen LogP) is 3.93. The largest absolute Gasteiger partial charge is 0.356 e. The van der Waals surface area contributed by atoms with E-state index in [9.17, 15) is 4.39 Å². The van der Waals surface area contributed by atoms with Gasteiger partial charge in [-0.25, -0.2) is 9.37 Å². The molecular formula is C17H24FIN4S. The van der Waals surface area contributed by atoms with E-state index in [1.54, 1.807) is 30.5 Å². The number of guanidine groups is 1. The second-order valence-electron chi connectivity index (χ2n) is 5.53. The minimum absolute atomic E-state index is 0. The molecule has 0 radical (unpaired) electrons. The molecule has 0 aliphatic rings. The van der Waals surface area contributed by atoms with Crippen LogP contribution in [0.5, 0.6) is 0 Å². The zero-order chi connectivity index (χ0) is 16.7. The molecule has 0 aliphatic heterocycles. The summed E-state index contributed by atoms with van der Waals surface area (Å²) in [6, 6.07) is 6.83. The van der Waals surface area contributed by atoms with Crippen LogP contribution in [-0.4, -0.2) is 24.5 Å². The Bertz CT molecular complexity index is 658. The molecule has 7 heteroatoms. The second-order valence-corrected chi connectivity index (χ2v) is 6.42. The molecule has 0 amide bonds. The van der Waals surface area contributed by atoms with E-state index < -0.39 is 0 Å². The molecule has 1 heterocycles. The maximum atomic E-state index is 13.6. The van der Waals surface area contributed by atoms with Gasteiger partial charge in [0, 0.05) is 24.9 Å². The van der Waals surface area contributed by atoms with Crippen LogP contribution in [0.15, 0.2) is 34.6 Å². The number of halogens is 2. The number of nitrogens with one attached hydrogen (secondary N) is 2. The molecule has 1 aromatic carbocycles. The number of rotatable bonds is 6. The van der Waals surface area contributed by atoms with E-state index in [1.165, 1.54) is 6.07 Å². The van der Waals surface area contributed by atoms with Gasteiger partial charge in [0.25, 0.3) is 0 Å².